The fraction of sp³-hybridized carbons (Fsp3) is 0.250. The van der Waals surface area contributed by atoms with Crippen molar-refractivity contribution in [3.05, 3.63) is 45.4 Å². The van der Waals surface area contributed by atoms with E-state index in [0.29, 0.717) is 6.54 Å². The Kier molecular flexibility index (Phi) is 4.62. The number of aliphatic carboxylic acids is 1. The van der Waals surface area contributed by atoms with E-state index in [1.807, 2.05) is 24.3 Å². The summed E-state index contributed by atoms with van der Waals surface area (Å²) in [5.41, 5.74) is 0.738. The Morgan fingerprint density at radius 3 is 2.95 bits per heavy atom. The number of rotatable bonds is 5. The largest absolute Gasteiger partial charge is 0.480 e. The van der Waals surface area contributed by atoms with E-state index in [9.17, 15) is 9.90 Å². The molecule has 2 rings (SSSR count). The fourth-order valence-corrected chi connectivity index (χ4v) is 2.83. The van der Waals surface area contributed by atoms with Gasteiger partial charge in [0.05, 0.1) is 11.1 Å². The van der Waals surface area contributed by atoms with E-state index in [1.54, 1.807) is 18.1 Å². The summed E-state index contributed by atoms with van der Waals surface area (Å²) >= 11 is 4.63. The van der Waals surface area contributed by atoms with Crippen LogP contribution in [0, 0.1) is 0 Å². The van der Waals surface area contributed by atoms with E-state index in [-0.39, 0.29) is 0 Å². The number of carboxylic acid groups (broad SMARTS) is 1. The number of likely N-dealkylation sites (N-methyl/N-ethyl adjacent to an activating group) is 1. The van der Waals surface area contributed by atoms with Crippen molar-refractivity contribution in [2.45, 2.75) is 12.6 Å². The molecule has 0 amide bonds. The molecule has 0 saturated carbocycles. The maximum absolute atomic E-state index is 11.5. The Balaban J connectivity index is 2.22. The molecule has 2 aromatic rings. The van der Waals surface area contributed by atoms with E-state index in [0.717, 1.165) is 14.9 Å². The first-order valence-electron chi connectivity index (χ1n) is 5.52. The molecule has 0 aliphatic carbocycles. The SMILES string of the molecule is CN(Cc1cnns1)[C@@H](C(=O)O)c1cccc(Br)c1. The molecule has 19 heavy (non-hydrogen) atoms. The summed E-state index contributed by atoms with van der Waals surface area (Å²) in [7, 11) is 1.78. The Labute approximate surface area is 123 Å². The van der Waals surface area contributed by atoms with Gasteiger partial charge in [-0.3, -0.25) is 9.69 Å². The van der Waals surface area contributed by atoms with Gasteiger partial charge in [-0.2, -0.15) is 0 Å². The summed E-state index contributed by atoms with van der Waals surface area (Å²) < 4.78 is 4.64. The predicted octanol–water partition coefficient (Wildman–Crippen LogP) is 2.56. The van der Waals surface area contributed by atoms with Crippen LogP contribution in [0.15, 0.2) is 34.9 Å². The molecule has 0 aliphatic rings. The van der Waals surface area contributed by atoms with E-state index in [1.165, 1.54) is 11.5 Å². The van der Waals surface area contributed by atoms with Gasteiger partial charge < -0.3 is 5.11 Å². The summed E-state index contributed by atoms with van der Waals surface area (Å²) in [5, 5.41) is 13.2. The molecule has 1 aromatic carbocycles. The predicted molar refractivity (Wildman–Crippen MR) is 75.9 cm³/mol. The Morgan fingerprint density at radius 2 is 2.37 bits per heavy atom. The smallest absolute Gasteiger partial charge is 0.325 e. The minimum absolute atomic E-state index is 0.501. The third-order valence-electron chi connectivity index (χ3n) is 2.65. The first-order chi connectivity index (χ1) is 9.08. The molecule has 1 aromatic heterocycles. The van der Waals surface area contributed by atoms with Crippen LogP contribution in [0.2, 0.25) is 0 Å². The Bertz CT molecular complexity index is 562. The van der Waals surface area contributed by atoms with Gasteiger partial charge in [0.25, 0.3) is 0 Å². The van der Waals surface area contributed by atoms with Crippen molar-refractivity contribution in [3.8, 4) is 0 Å². The van der Waals surface area contributed by atoms with Gasteiger partial charge in [0.2, 0.25) is 0 Å². The lowest BCUT2D eigenvalue weighted by atomic mass is 10.1. The number of carboxylic acids is 1. The average molecular weight is 342 g/mol. The monoisotopic (exact) mass is 341 g/mol. The molecule has 7 heteroatoms. The van der Waals surface area contributed by atoms with Gasteiger partial charge in [-0.15, -0.1) is 5.10 Å². The van der Waals surface area contributed by atoms with Gasteiger partial charge in [-0.05, 0) is 36.3 Å². The summed E-state index contributed by atoms with van der Waals surface area (Å²) in [5.74, 6) is -0.877. The standard InChI is InChI=1S/C12H12BrN3O2S/c1-16(7-10-6-14-15-19-10)11(12(17)18)8-3-2-4-9(13)5-8/h2-6,11H,7H2,1H3,(H,17,18)/t11-/m1/s1. The molecular weight excluding hydrogens is 330 g/mol. The normalized spacial score (nSPS) is 12.6. The van der Waals surface area contributed by atoms with Crippen molar-refractivity contribution in [2.24, 2.45) is 0 Å². The second-order valence-corrected chi connectivity index (χ2v) is 5.88. The highest BCUT2D eigenvalue weighted by atomic mass is 79.9. The molecule has 5 nitrogen and oxygen atoms in total. The summed E-state index contributed by atoms with van der Waals surface area (Å²) in [4.78, 5) is 14.2. The second kappa shape index (κ2) is 6.23. The van der Waals surface area contributed by atoms with Crippen molar-refractivity contribution in [1.29, 1.82) is 0 Å². The van der Waals surface area contributed by atoms with Crippen LogP contribution >= 0.6 is 27.5 Å². The first kappa shape index (κ1) is 14.1. The molecule has 0 saturated heterocycles. The maximum atomic E-state index is 11.5. The van der Waals surface area contributed by atoms with Crippen molar-refractivity contribution in [1.82, 2.24) is 14.5 Å². The van der Waals surface area contributed by atoms with Crippen molar-refractivity contribution in [3.63, 3.8) is 0 Å². The number of carbonyl (C=O) groups is 1. The Hall–Kier alpha value is -1.31. The van der Waals surface area contributed by atoms with Crippen molar-refractivity contribution < 1.29 is 9.90 Å². The summed E-state index contributed by atoms with van der Waals surface area (Å²) in [6.07, 6.45) is 1.65. The minimum atomic E-state index is -0.877. The number of hydrogen-bond acceptors (Lipinski definition) is 5. The number of benzene rings is 1. The molecule has 1 N–H and O–H groups in total. The van der Waals surface area contributed by atoms with Crippen molar-refractivity contribution >= 4 is 33.4 Å². The molecule has 0 radical (unpaired) electrons. The van der Waals surface area contributed by atoms with Gasteiger partial charge in [-0.25, -0.2) is 0 Å². The van der Waals surface area contributed by atoms with E-state index < -0.39 is 12.0 Å². The molecule has 0 aliphatic heterocycles. The number of aromatic nitrogens is 2. The van der Waals surface area contributed by atoms with Crippen LogP contribution in [0.25, 0.3) is 0 Å². The molecule has 100 valence electrons. The molecule has 0 unspecified atom stereocenters. The molecule has 0 bridgehead atoms. The summed E-state index contributed by atoms with van der Waals surface area (Å²) in [6, 6.07) is 6.64. The van der Waals surface area contributed by atoms with Crippen molar-refractivity contribution in [2.75, 3.05) is 7.05 Å². The second-order valence-electron chi connectivity index (χ2n) is 4.09. The van der Waals surface area contributed by atoms with Gasteiger partial charge in [0.15, 0.2) is 0 Å². The lowest BCUT2D eigenvalue weighted by Gasteiger charge is -2.24. The zero-order valence-electron chi connectivity index (χ0n) is 10.2. The fourth-order valence-electron chi connectivity index (χ4n) is 1.86. The van der Waals surface area contributed by atoms with Crippen LogP contribution in [0.4, 0.5) is 0 Å². The van der Waals surface area contributed by atoms with Gasteiger partial charge in [0.1, 0.15) is 6.04 Å². The van der Waals surface area contributed by atoms with E-state index in [2.05, 4.69) is 25.5 Å². The highest BCUT2D eigenvalue weighted by molar-refractivity contribution is 9.10. The third-order valence-corrected chi connectivity index (χ3v) is 3.79. The minimum Gasteiger partial charge on any atom is -0.480 e. The zero-order chi connectivity index (χ0) is 13.8. The van der Waals surface area contributed by atoms with Gasteiger partial charge in [0, 0.05) is 11.0 Å². The van der Waals surface area contributed by atoms with E-state index in [4.69, 9.17) is 0 Å². The van der Waals surface area contributed by atoms with Crippen LogP contribution < -0.4 is 0 Å². The highest BCUT2D eigenvalue weighted by Gasteiger charge is 2.25. The average Bonchev–Trinajstić information content (AvgIpc) is 2.81. The number of hydrogen-bond donors (Lipinski definition) is 1. The van der Waals surface area contributed by atoms with Crippen LogP contribution in [-0.4, -0.2) is 32.6 Å². The zero-order valence-corrected chi connectivity index (χ0v) is 12.6. The molecule has 0 spiro atoms. The van der Waals surface area contributed by atoms with Crippen LogP contribution in [-0.2, 0) is 11.3 Å². The highest BCUT2D eigenvalue weighted by Crippen LogP contribution is 2.24. The summed E-state index contributed by atoms with van der Waals surface area (Å²) in [6.45, 7) is 0.501. The maximum Gasteiger partial charge on any atom is 0.325 e. The van der Waals surface area contributed by atoms with Crippen LogP contribution in [0.5, 0.6) is 0 Å². The third kappa shape index (κ3) is 3.59. The Morgan fingerprint density at radius 1 is 1.58 bits per heavy atom. The number of halogens is 1. The quantitative estimate of drug-likeness (QED) is 0.905. The molecule has 1 atom stereocenters. The lowest BCUT2D eigenvalue weighted by molar-refractivity contribution is -0.143. The first-order valence-corrected chi connectivity index (χ1v) is 7.09. The lowest BCUT2D eigenvalue weighted by Crippen LogP contribution is -2.30. The molecule has 1 heterocycles. The van der Waals surface area contributed by atoms with E-state index >= 15 is 0 Å². The topological polar surface area (TPSA) is 66.3 Å². The molecular formula is C12H12BrN3O2S. The number of nitrogens with zero attached hydrogens (tertiary/aromatic N) is 3. The van der Waals surface area contributed by atoms with Crippen LogP contribution in [0.1, 0.15) is 16.5 Å². The van der Waals surface area contributed by atoms with Gasteiger partial charge >= 0.3 is 5.97 Å². The molecule has 0 fully saturated rings. The van der Waals surface area contributed by atoms with Crippen LogP contribution in [0.3, 0.4) is 0 Å². The van der Waals surface area contributed by atoms with Gasteiger partial charge in [-0.1, -0.05) is 32.6 Å².